The van der Waals surface area contributed by atoms with E-state index in [0.29, 0.717) is 10.2 Å². The number of nitrogens with one attached hydrogen (secondary N) is 2. The summed E-state index contributed by atoms with van der Waals surface area (Å²) in [7, 11) is 0. The lowest BCUT2D eigenvalue weighted by Gasteiger charge is -2.13. The third-order valence-corrected chi connectivity index (χ3v) is 3.57. The van der Waals surface area contributed by atoms with Crippen molar-refractivity contribution in [3.05, 3.63) is 28.2 Å². The maximum absolute atomic E-state index is 11.7. The number of carbonyl (C=O) groups excluding carboxylic acids is 1. The molecule has 0 heterocycles. The van der Waals surface area contributed by atoms with Crippen molar-refractivity contribution >= 4 is 33.6 Å². The minimum atomic E-state index is -1.03. The molecule has 1 aromatic carbocycles. The number of carbonyl (C=O) groups is 2. The van der Waals surface area contributed by atoms with Gasteiger partial charge in [-0.15, -0.1) is 0 Å². The molecular weight excluding hydrogens is 300 g/mol. The van der Waals surface area contributed by atoms with Crippen LogP contribution in [0.2, 0.25) is 0 Å². The third-order valence-electron chi connectivity index (χ3n) is 2.88. The van der Waals surface area contributed by atoms with E-state index in [1.54, 1.807) is 6.07 Å². The second-order valence-electron chi connectivity index (χ2n) is 4.64. The minimum absolute atomic E-state index is 0.110. The molecule has 0 unspecified atom stereocenters. The highest BCUT2D eigenvalue weighted by Crippen LogP contribution is 2.34. The van der Waals surface area contributed by atoms with Gasteiger partial charge >= 0.3 is 12.0 Å². The van der Waals surface area contributed by atoms with Crippen LogP contribution in [0.5, 0.6) is 0 Å². The number of rotatable bonds is 3. The van der Waals surface area contributed by atoms with Crippen LogP contribution in [-0.2, 0) is 0 Å². The molecule has 1 aromatic rings. The van der Waals surface area contributed by atoms with Crippen molar-refractivity contribution in [3.8, 4) is 0 Å². The standard InChI is InChI=1S/C12H13BrN2O3/c1-12(4-5-12)15-11(18)14-9-6-7(10(16)17)2-3-8(9)13/h2-3,6H,4-5H2,1H3,(H,16,17)(H2,14,15,18). The first-order valence-corrected chi connectivity index (χ1v) is 6.31. The van der Waals surface area contributed by atoms with Crippen molar-refractivity contribution in [1.29, 1.82) is 0 Å². The summed E-state index contributed by atoms with van der Waals surface area (Å²) in [6.45, 7) is 1.97. The monoisotopic (exact) mass is 312 g/mol. The van der Waals surface area contributed by atoms with Gasteiger partial charge in [-0.3, -0.25) is 0 Å². The summed E-state index contributed by atoms with van der Waals surface area (Å²) in [5.74, 6) is -1.03. The molecule has 0 spiro atoms. The molecule has 0 aliphatic heterocycles. The molecule has 1 saturated carbocycles. The minimum Gasteiger partial charge on any atom is -0.478 e. The van der Waals surface area contributed by atoms with Crippen molar-refractivity contribution in [1.82, 2.24) is 5.32 Å². The summed E-state index contributed by atoms with van der Waals surface area (Å²) >= 11 is 3.27. The Morgan fingerprint density at radius 3 is 2.61 bits per heavy atom. The van der Waals surface area contributed by atoms with Gasteiger partial charge in [-0.25, -0.2) is 9.59 Å². The van der Waals surface area contributed by atoms with E-state index in [4.69, 9.17) is 5.11 Å². The van der Waals surface area contributed by atoms with E-state index in [2.05, 4.69) is 26.6 Å². The molecule has 6 heteroatoms. The number of hydrogen-bond acceptors (Lipinski definition) is 2. The van der Waals surface area contributed by atoms with E-state index >= 15 is 0 Å². The van der Waals surface area contributed by atoms with Gasteiger partial charge in [0, 0.05) is 10.0 Å². The summed E-state index contributed by atoms with van der Waals surface area (Å²) < 4.78 is 0.642. The predicted molar refractivity (Wildman–Crippen MR) is 70.9 cm³/mol. The Labute approximate surface area is 113 Å². The number of hydrogen-bond donors (Lipinski definition) is 3. The Morgan fingerprint density at radius 1 is 1.39 bits per heavy atom. The normalized spacial score (nSPS) is 15.9. The number of carboxylic acid groups (broad SMARTS) is 1. The van der Waals surface area contributed by atoms with Crippen LogP contribution in [0.15, 0.2) is 22.7 Å². The molecule has 96 valence electrons. The van der Waals surface area contributed by atoms with Gasteiger partial charge < -0.3 is 15.7 Å². The summed E-state index contributed by atoms with van der Waals surface area (Å²) in [4.78, 5) is 22.6. The Hall–Kier alpha value is -1.56. The Balaban J connectivity index is 2.10. The van der Waals surface area contributed by atoms with Gasteiger partial charge in [0.15, 0.2) is 0 Å². The third kappa shape index (κ3) is 3.01. The van der Waals surface area contributed by atoms with E-state index in [9.17, 15) is 9.59 Å². The van der Waals surface area contributed by atoms with Crippen molar-refractivity contribution in [3.63, 3.8) is 0 Å². The van der Waals surface area contributed by atoms with E-state index < -0.39 is 5.97 Å². The predicted octanol–water partition coefficient (Wildman–Crippen LogP) is 2.82. The second kappa shape index (κ2) is 4.61. The largest absolute Gasteiger partial charge is 0.478 e. The van der Waals surface area contributed by atoms with Crippen molar-refractivity contribution in [2.24, 2.45) is 0 Å². The van der Waals surface area contributed by atoms with Gasteiger partial charge in [-0.2, -0.15) is 0 Å². The zero-order valence-electron chi connectivity index (χ0n) is 9.79. The zero-order valence-corrected chi connectivity index (χ0v) is 11.4. The maximum atomic E-state index is 11.7. The number of halogens is 1. The summed E-state index contributed by atoms with van der Waals surface area (Å²) in [5.41, 5.74) is 0.462. The van der Waals surface area contributed by atoms with Gasteiger partial charge in [0.2, 0.25) is 0 Å². The maximum Gasteiger partial charge on any atom is 0.335 e. The average Bonchev–Trinajstić information content (AvgIpc) is 2.98. The van der Waals surface area contributed by atoms with Crippen molar-refractivity contribution in [2.45, 2.75) is 25.3 Å². The quantitative estimate of drug-likeness (QED) is 0.803. The lowest BCUT2D eigenvalue weighted by atomic mass is 10.2. The number of aromatic carboxylic acids is 1. The summed E-state index contributed by atoms with van der Waals surface area (Å²) in [5, 5.41) is 14.4. The Bertz CT molecular complexity index is 512. The molecule has 18 heavy (non-hydrogen) atoms. The molecule has 5 nitrogen and oxygen atoms in total. The fraction of sp³-hybridized carbons (Fsp3) is 0.333. The van der Waals surface area contributed by atoms with Crippen molar-refractivity contribution in [2.75, 3.05) is 5.32 Å². The van der Waals surface area contributed by atoms with E-state index in [1.807, 2.05) is 6.92 Å². The molecule has 0 saturated heterocycles. The van der Waals surface area contributed by atoms with Crippen LogP contribution in [0, 0.1) is 0 Å². The van der Waals surface area contributed by atoms with Crippen molar-refractivity contribution < 1.29 is 14.7 Å². The molecule has 0 radical (unpaired) electrons. The number of anilines is 1. The lowest BCUT2D eigenvalue weighted by Crippen LogP contribution is -2.37. The van der Waals surface area contributed by atoms with Crippen LogP contribution >= 0.6 is 15.9 Å². The topological polar surface area (TPSA) is 78.4 Å². The first kappa shape index (κ1) is 12.9. The van der Waals surface area contributed by atoms with E-state index in [1.165, 1.54) is 12.1 Å². The van der Waals surface area contributed by atoms with Gasteiger partial charge in [0.05, 0.1) is 11.3 Å². The van der Waals surface area contributed by atoms with Gasteiger partial charge in [0.25, 0.3) is 0 Å². The smallest absolute Gasteiger partial charge is 0.335 e. The number of carboxylic acids is 1. The Kier molecular flexibility index (Phi) is 3.30. The molecule has 2 amide bonds. The first-order chi connectivity index (χ1) is 8.39. The average molecular weight is 313 g/mol. The number of amides is 2. The highest BCUT2D eigenvalue weighted by Gasteiger charge is 2.38. The van der Waals surface area contributed by atoms with E-state index in [0.717, 1.165) is 12.8 Å². The van der Waals surface area contributed by atoms with Crippen LogP contribution < -0.4 is 10.6 Å². The molecule has 0 aromatic heterocycles. The SMILES string of the molecule is CC1(NC(=O)Nc2cc(C(=O)O)ccc2Br)CC1. The molecule has 1 aliphatic carbocycles. The molecule has 3 N–H and O–H groups in total. The van der Waals surface area contributed by atoms with Crippen LogP contribution in [0.3, 0.4) is 0 Å². The molecule has 2 rings (SSSR count). The van der Waals surface area contributed by atoms with Crippen LogP contribution in [0.25, 0.3) is 0 Å². The number of urea groups is 1. The van der Waals surface area contributed by atoms with Gasteiger partial charge in [-0.05, 0) is 53.9 Å². The highest BCUT2D eigenvalue weighted by molar-refractivity contribution is 9.10. The van der Waals surface area contributed by atoms with Crippen LogP contribution in [-0.4, -0.2) is 22.6 Å². The first-order valence-electron chi connectivity index (χ1n) is 5.52. The van der Waals surface area contributed by atoms with E-state index in [-0.39, 0.29) is 17.1 Å². The molecule has 0 atom stereocenters. The zero-order chi connectivity index (χ0) is 13.3. The van der Waals surface area contributed by atoms with Gasteiger partial charge in [-0.1, -0.05) is 0 Å². The summed E-state index contributed by atoms with van der Waals surface area (Å²) in [6.07, 6.45) is 1.94. The molecular formula is C12H13BrN2O3. The molecule has 0 bridgehead atoms. The fourth-order valence-electron chi connectivity index (χ4n) is 1.49. The Morgan fingerprint density at radius 2 is 2.06 bits per heavy atom. The summed E-state index contributed by atoms with van der Waals surface area (Å²) in [6, 6.07) is 4.16. The lowest BCUT2D eigenvalue weighted by molar-refractivity contribution is 0.0697. The van der Waals surface area contributed by atoms with Crippen LogP contribution in [0.1, 0.15) is 30.1 Å². The highest BCUT2D eigenvalue weighted by atomic mass is 79.9. The molecule has 1 fully saturated rings. The second-order valence-corrected chi connectivity index (χ2v) is 5.49. The number of benzene rings is 1. The fourth-order valence-corrected chi connectivity index (χ4v) is 1.84. The molecule has 1 aliphatic rings. The van der Waals surface area contributed by atoms with Crippen LogP contribution in [0.4, 0.5) is 10.5 Å². The van der Waals surface area contributed by atoms with Gasteiger partial charge in [0.1, 0.15) is 0 Å².